The average Bonchev–Trinajstić information content (AvgIpc) is 2.40. The van der Waals surface area contributed by atoms with Crippen molar-refractivity contribution < 1.29 is 13.2 Å². The SMILES string of the molecule is CC(C)CNCCN(C)CCc1ccc(C(F)(F)F)cc1. The number of halogens is 3. The molecule has 0 radical (unpaired) electrons. The number of rotatable bonds is 8. The molecule has 2 nitrogen and oxygen atoms in total. The van der Waals surface area contributed by atoms with Crippen LogP contribution < -0.4 is 5.32 Å². The summed E-state index contributed by atoms with van der Waals surface area (Å²) in [6.07, 6.45) is -3.49. The molecule has 0 heterocycles. The van der Waals surface area contributed by atoms with Crippen molar-refractivity contribution >= 4 is 0 Å². The van der Waals surface area contributed by atoms with Gasteiger partial charge >= 0.3 is 6.18 Å². The lowest BCUT2D eigenvalue weighted by molar-refractivity contribution is -0.137. The van der Waals surface area contributed by atoms with Crippen molar-refractivity contribution in [2.75, 3.05) is 33.2 Å². The molecular formula is C16H25F3N2. The zero-order chi connectivity index (χ0) is 15.9. The van der Waals surface area contributed by atoms with E-state index in [0.29, 0.717) is 5.92 Å². The molecule has 0 aliphatic rings. The van der Waals surface area contributed by atoms with Crippen LogP contribution in [-0.4, -0.2) is 38.1 Å². The van der Waals surface area contributed by atoms with E-state index < -0.39 is 11.7 Å². The minimum atomic E-state index is -4.25. The van der Waals surface area contributed by atoms with E-state index >= 15 is 0 Å². The number of hydrogen-bond acceptors (Lipinski definition) is 2. The Morgan fingerprint density at radius 1 is 1.10 bits per heavy atom. The first-order valence-electron chi connectivity index (χ1n) is 7.34. The zero-order valence-corrected chi connectivity index (χ0v) is 13.0. The Labute approximate surface area is 125 Å². The van der Waals surface area contributed by atoms with Crippen molar-refractivity contribution in [2.24, 2.45) is 5.92 Å². The van der Waals surface area contributed by atoms with Gasteiger partial charge in [0.05, 0.1) is 5.56 Å². The maximum absolute atomic E-state index is 12.4. The molecule has 1 N–H and O–H groups in total. The van der Waals surface area contributed by atoms with E-state index in [4.69, 9.17) is 0 Å². The monoisotopic (exact) mass is 302 g/mol. The van der Waals surface area contributed by atoms with Crippen molar-refractivity contribution in [2.45, 2.75) is 26.4 Å². The molecule has 0 aromatic heterocycles. The van der Waals surface area contributed by atoms with Crippen molar-refractivity contribution in [1.29, 1.82) is 0 Å². The third kappa shape index (κ3) is 7.48. The van der Waals surface area contributed by atoms with E-state index in [2.05, 4.69) is 24.1 Å². The lowest BCUT2D eigenvalue weighted by atomic mass is 10.1. The van der Waals surface area contributed by atoms with Gasteiger partial charge in [0.25, 0.3) is 0 Å². The van der Waals surface area contributed by atoms with Crippen LogP contribution in [0.25, 0.3) is 0 Å². The van der Waals surface area contributed by atoms with Crippen LogP contribution in [0.3, 0.4) is 0 Å². The van der Waals surface area contributed by atoms with Crippen LogP contribution in [0.1, 0.15) is 25.0 Å². The van der Waals surface area contributed by atoms with Crippen molar-refractivity contribution in [3.05, 3.63) is 35.4 Å². The topological polar surface area (TPSA) is 15.3 Å². The van der Waals surface area contributed by atoms with E-state index in [1.807, 2.05) is 7.05 Å². The molecule has 1 aromatic carbocycles. The molecule has 0 bridgehead atoms. The Hall–Kier alpha value is -1.07. The number of alkyl halides is 3. The van der Waals surface area contributed by atoms with Crippen molar-refractivity contribution in [3.63, 3.8) is 0 Å². The standard InChI is InChI=1S/C16H25F3N2/c1-13(2)12-20-9-11-21(3)10-8-14-4-6-15(7-5-14)16(17,18)19/h4-7,13,20H,8-12H2,1-3H3. The largest absolute Gasteiger partial charge is 0.416 e. The summed E-state index contributed by atoms with van der Waals surface area (Å²) in [7, 11) is 2.03. The Morgan fingerprint density at radius 3 is 2.24 bits per heavy atom. The van der Waals surface area contributed by atoms with Crippen LogP contribution >= 0.6 is 0 Å². The molecule has 21 heavy (non-hydrogen) atoms. The summed E-state index contributed by atoms with van der Waals surface area (Å²) in [6, 6.07) is 5.43. The molecule has 5 heteroatoms. The molecule has 0 atom stereocenters. The molecule has 0 aliphatic carbocycles. The third-order valence-corrected chi connectivity index (χ3v) is 3.29. The molecular weight excluding hydrogens is 277 g/mol. The molecule has 0 unspecified atom stereocenters. The molecule has 0 saturated carbocycles. The molecule has 1 rings (SSSR count). The molecule has 0 spiro atoms. The fourth-order valence-corrected chi connectivity index (χ4v) is 1.95. The quantitative estimate of drug-likeness (QED) is 0.740. The summed E-state index contributed by atoms with van der Waals surface area (Å²) in [5.74, 6) is 0.641. The van der Waals surface area contributed by atoms with Gasteiger partial charge in [0.15, 0.2) is 0 Å². The second kappa shape index (κ2) is 8.39. The molecule has 0 amide bonds. The highest BCUT2D eigenvalue weighted by Gasteiger charge is 2.29. The molecule has 0 fully saturated rings. The first-order chi connectivity index (χ1) is 9.79. The minimum absolute atomic E-state index is 0.586. The first-order valence-corrected chi connectivity index (χ1v) is 7.34. The lowest BCUT2D eigenvalue weighted by Gasteiger charge is -2.17. The van der Waals surface area contributed by atoms with Crippen molar-refractivity contribution in [3.8, 4) is 0 Å². The Balaban J connectivity index is 2.28. The van der Waals surface area contributed by atoms with E-state index in [-0.39, 0.29) is 0 Å². The molecule has 0 saturated heterocycles. The van der Waals surface area contributed by atoms with Gasteiger partial charge < -0.3 is 10.2 Å². The Kier molecular flexibility index (Phi) is 7.18. The van der Waals surface area contributed by atoms with Gasteiger partial charge in [0.1, 0.15) is 0 Å². The van der Waals surface area contributed by atoms with Gasteiger partial charge in [-0.2, -0.15) is 13.2 Å². The van der Waals surface area contributed by atoms with Crippen LogP contribution in [0.15, 0.2) is 24.3 Å². The Morgan fingerprint density at radius 2 is 1.71 bits per heavy atom. The van der Waals surface area contributed by atoms with Crippen molar-refractivity contribution in [1.82, 2.24) is 10.2 Å². The Bertz CT molecular complexity index is 399. The third-order valence-electron chi connectivity index (χ3n) is 3.29. The minimum Gasteiger partial charge on any atom is -0.315 e. The van der Waals surface area contributed by atoms with Gasteiger partial charge in [0, 0.05) is 19.6 Å². The van der Waals surface area contributed by atoms with Crippen LogP contribution in [0.5, 0.6) is 0 Å². The highest BCUT2D eigenvalue weighted by molar-refractivity contribution is 5.24. The van der Waals surface area contributed by atoms with E-state index in [9.17, 15) is 13.2 Å². The number of hydrogen-bond donors (Lipinski definition) is 1. The number of benzene rings is 1. The number of nitrogens with zero attached hydrogens (tertiary/aromatic N) is 1. The summed E-state index contributed by atoms with van der Waals surface area (Å²) in [6.45, 7) is 8.05. The highest BCUT2D eigenvalue weighted by Crippen LogP contribution is 2.29. The first kappa shape index (κ1) is 18.0. The van der Waals surface area contributed by atoms with Gasteiger partial charge in [0.2, 0.25) is 0 Å². The maximum Gasteiger partial charge on any atom is 0.416 e. The molecule has 1 aromatic rings. The normalized spacial score (nSPS) is 12.4. The smallest absolute Gasteiger partial charge is 0.315 e. The van der Waals surface area contributed by atoms with Crippen LogP contribution in [0, 0.1) is 5.92 Å². The fourth-order valence-electron chi connectivity index (χ4n) is 1.95. The van der Waals surface area contributed by atoms with E-state index in [0.717, 1.165) is 50.3 Å². The van der Waals surface area contributed by atoms with Crippen LogP contribution in [0.2, 0.25) is 0 Å². The van der Waals surface area contributed by atoms with Gasteiger partial charge in [-0.3, -0.25) is 0 Å². The number of likely N-dealkylation sites (N-methyl/N-ethyl adjacent to an activating group) is 1. The van der Waals surface area contributed by atoms with E-state index in [1.54, 1.807) is 12.1 Å². The fraction of sp³-hybridized carbons (Fsp3) is 0.625. The van der Waals surface area contributed by atoms with Crippen LogP contribution in [0.4, 0.5) is 13.2 Å². The summed E-state index contributed by atoms with van der Waals surface area (Å²) < 4.78 is 37.3. The predicted octanol–water partition coefficient (Wildman–Crippen LogP) is 3.43. The lowest BCUT2D eigenvalue weighted by Crippen LogP contribution is -2.32. The predicted molar refractivity (Wildman–Crippen MR) is 80.4 cm³/mol. The van der Waals surface area contributed by atoms with E-state index in [1.165, 1.54) is 0 Å². The second-order valence-corrected chi connectivity index (χ2v) is 5.85. The second-order valence-electron chi connectivity index (χ2n) is 5.85. The summed E-state index contributed by atoms with van der Waals surface area (Å²) >= 11 is 0. The summed E-state index contributed by atoms with van der Waals surface area (Å²) in [5, 5.41) is 3.37. The average molecular weight is 302 g/mol. The molecule has 0 aliphatic heterocycles. The number of nitrogens with one attached hydrogen (secondary N) is 1. The van der Waals surface area contributed by atoms with Gasteiger partial charge in [-0.15, -0.1) is 0 Å². The maximum atomic E-state index is 12.4. The van der Waals surface area contributed by atoms with Gasteiger partial charge in [-0.1, -0.05) is 26.0 Å². The van der Waals surface area contributed by atoms with Gasteiger partial charge in [-0.25, -0.2) is 0 Å². The summed E-state index contributed by atoms with van der Waals surface area (Å²) in [5.41, 5.74) is 0.350. The summed E-state index contributed by atoms with van der Waals surface area (Å²) in [4.78, 5) is 2.19. The molecule has 120 valence electrons. The van der Waals surface area contributed by atoms with Gasteiger partial charge in [-0.05, 0) is 43.6 Å². The highest BCUT2D eigenvalue weighted by atomic mass is 19.4. The zero-order valence-electron chi connectivity index (χ0n) is 13.0. The van der Waals surface area contributed by atoms with Crippen LogP contribution in [-0.2, 0) is 12.6 Å².